The van der Waals surface area contributed by atoms with Crippen molar-refractivity contribution in [2.24, 2.45) is 0 Å². The van der Waals surface area contributed by atoms with Gasteiger partial charge in [0.05, 0.1) is 9.79 Å². The maximum Gasteiger partial charge on any atom is 0.346 e. The van der Waals surface area contributed by atoms with E-state index in [-0.39, 0.29) is 23.1 Å². The highest BCUT2D eigenvalue weighted by Gasteiger charge is 2.35. The van der Waals surface area contributed by atoms with E-state index in [1.807, 2.05) is 0 Å². The van der Waals surface area contributed by atoms with Crippen molar-refractivity contribution in [1.82, 2.24) is 8.25 Å². The minimum atomic E-state index is -5.20. The maximum absolute atomic E-state index is 13.4. The van der Waals surface area contributed by atoms with E-state index >= 15 is 0 Å². The summed E-state index contributed by atoms with van der Waals surface area (Å²) >= 11 is 0. The van der Waals surface area contributed by atoms with Gasteiger partial charge in [-0.05, 0) is 48.7 Å². The molecule has 2 aromatic carbocycles. The number of nitrogens with one attached hydrogen (secondary N) is 2. The van der Waals surface area contributed by atoms with Crippen LogP contribution >= 0.6 is 0 Å². The Hall–Kier alpha value is -2.58. The number of rotatable bonds is 9. The Labute approximate surface area is 206 Å². The summed E-state index contributed by atoms with van der Waals surface area (Å²) in [6.07, 6.45) is 1.07. The number of benzene rings is 2. The van der Waals surface area contributed by atoms with Crippen LogP contribution in [0.5, 0.6) is 0 Å². The Morgan fingerprint density at radius 3 is 1.75 bits per heavy atom. The van der Waals surface area contributed by atoms with Gasteiger partial charge in [-0.3, -0.25) is 18.7 Å². The van der Waals surface area contributed by atoms with Crippen LogP contribution in [0.2, 0.25) is 0 Å². The average molecular weight is 583 g/mol. The van der Waals surface area contributed by atoms with Gasteiger partial charge in [0.1, 0.15) is 0 Å². The van der Waals surface area contributed by atoms with Crippen LogP contribution in [0.1, 0.15) is 57.2 Å². The van der Waals surface area contributed by atoms with Gasteiger partial charge in [-0.15, -0.1) is 0 Å². The van der Waals surface area contributed by atoms with Crippen molar-refractivity contribution >= 4 is 52.2 Å². The monoisotopic (exact) mass is 582 g/mol. The van der Waals surface area contributed by atoms with E-state index in [4.69, 9.17) is 9.11 Å². The fourth-order valence-electron chi connectivity index (χ4n) is 3.57. The second-order valence-electron chi connectivity index (χ2n) is 7.60. The smallest absolute Gasteiger partial charge is 0.289 e. The topological polar surface area (TPSA) is 235 Å². The summed E-state index contributed by atoms with van der Waals surface area (Å²) in [6, 6.07) is 4.15. The molecule has 0 saturated carbocycles. The van der Waals surface area contributed by atoms with Crippen LogP contribution in [-0.4, -0.2) is 54.3 Å². The summed E-state index contributed by atoms with van der Waals surface area (Å²) in [5, 5.41) is 0. The molecule has 0 bridgehead atoms. The minimum absolute atomic E-state index is 0.0402. The van der Waals surface area contributed by atoms with Crippen LogP contribution in [0.3, 0.4) is 0 Å². The number of hydrogen-bond acceptors (Lipinski definition) is 10. The summed E-state index contributed by atoms with van der Waals surface area (Å²) in [7, 11) is -20.1. The molecule has 0 saturated heterocycles. The molecule has 0 aromatic heterocycles. The van der Waals surface area contributed by atoms with Gasteiger partial charge in [0.15, 0.2) is 11.6 Å². The van der Waals surface area contributed by atoms with E-state index in [9.17, 15) is 43.3 Å². The third-order valence-corrected chi connectivity index (χ3v) is 10.2. The summed E-state index contributed by atoms with van der Waals surface area (Å²) < 4.78 is 113. The highest BCUT2D eigenvalue weighted by atomic mass is 32.3. The minimum Gasteiger partial charge on any atom is -0.289 e. The van der Waals surface area contributed by atoms with Crippen molar-refractivity contribution in [2.75, 3.05) is 0 Å². The molecule has 3 rings (SSSR count). The van der Waals surface area contributed by atoms with Gasteiger partial charge in [0.25, 0.3) is 20.0 Å². The second-order valence-corrected chi connectivity index (χ2v) is 13.8. The number of hydrogen-bond donors (Lipinski definition) is 4. The highest BCUT2D eigenvalue weighted by Crippen LogP contribution is 2.34. The molecule has 0 atom stereocenters. The standard InChI is InChI=1S/C18H18N2O12S4/c1-2-3-4-10-7-12(34(25,26)20-36(30,31)32)9-15-16(10)18(22)14-8-11(5-6-13(14)17(15)21)33(23,24)19-35(27,28)29/h5-9,19-20H,2-4H2,1H3,(H,27,28,29)(H,30,31,32). The molecule has 4 N–H and O–H groups in total. The van der Waals surface area contributed by atoms with Crippen LogP contribution in [0.4, 0.5) is 0 Å². The zero-order chi connectivity index (χ0) is 27.3. The molecule has 0 fully saturated rings. The van der Waals surface area contributed by atoms with E-state index in [0.717, 1.165) is 38.6 Å². The first-order valence-corrected chi connectivity index (χ1v) is 15.6. The Morgan fingerprint density at radius 2 is 1.22 bits per heavy atom. The number of ketones is 2. The molecule has 0 radical (unpaired) electrons. The maximum atomic E-state index is 13.4. The normalized spacial score (nSPS) is 14.4. The number of carbonyl (C=O) groups excluding carboxylic acids is 2. The largest absolute Gasteiger partial charge is 0.346 e. The SMILES string of the molecule is CCCCc1cc(S(=O)(=O)NS(=O)(=O)O)cc2c1C(=O)c1cc(S(=O)(=O)NS(=O)(=O)O)ccc1C2=O. The Balaban J connectivity index is 2.24. The predicted octanol–water partition coefficient (Wildman–Crippen LogP) is -0.0332. The van der Waals surface area contributed by atoms with Gasteiger partial charge in [-0.1, -0.05) is 21.6 Å². The molecule has 1 aliphatic rings. The van der Waals surface area contributed by atoms with Crippen LogP contribution in [0.15, 0.2) is 40.1 Å². The summed E-state index contributed by atoms with van der Waals surface area (Å²) in [6.45, 7) is 1.79. The zero-order valence-electron chi connectivity index (χ0n) is 18.1. The molecule has 1 aliphatic carbocycles. The quantitative estimate of drug-likeness (QED) is 0.243. The Bertz CT molecular complexity index is 1730. The van der Waals surface area contributed by atoms with Gasteiger partial charge in [-0.25, -0.2) is 16.8 Å². The van der Waals surface area contributed by atoms with E-state index in [0.29, 0.717) is 12.8 Å². The number of aryl methyl sites for hydroxylation is 1. The van der Waals surface area contributed by atoms with E-state index in [2.05, 4.69) is 0 Å². The number of fused-ring (bicyclic) bond motifs is 2. The summed E-state index contributed by atoms with van der Waals surface area (Å²) in [4.78, 5) is 25.1. The molecule has 18 heteroatoms. The van der Waals surface area contributed by atoms with Gasteiger partial charge >= 0.3 is 20.6 Å². The molecule has 196 valence electrons. The fourth-order valence-corrected chi connectivity index (χ4v) is 7.65. The number of carbonyl (C=O) groups is 2. The first-order valence-electron chi connectivity index (χ1n) is 9.78. The van der Waals surface area contributed by atoms with Crippen molar-refractivity contribution in [2.45, 2.75) is 36.0 Å². The van der Waals surface area contributed by atoms with E-state index < -0.39 is 73.1 Å². The third kappa shape index (κ3) is 5.86. The average Bonchev–Trinajstić information content (AvgIpc) is 2.71. The molecule has 36 heavy (non-hydrogen) atoms. The van der Waals surface area contributed by atoms with Crippen molar-refractivity contribution in [3.63, 3.8) is 0 Å². The molecule has 0 aliphatic heterocycles. The van der Waals surface area contributed by atoms with Crippen molar-refractivity contribution < 1.29 is 52.4 Å². The Kier molecular flexibility index (Phi) is 7.29. The van der Waals surface area contributed by atoms with Gasteiger partial charge in [0, 0.05) is 22.3 Å². The number of unbranched alkanes of at least 4 members (excludes halogenated alkanes) is 1. The van der Waals surface area contributed by atoms with Gasteiger partial charge < -0.3 is 0 Å². The molecular weight excluding hydrogens is 564 g/mol. The third-order valence-electron chi connectivity index (χ3n) is 5.00. The zero-order valence-corrected chi connectivity index (χ0v) is 21.4. The lowest BCUT2D eigenvalue weighted by Crippen LogP contribution is -2.31. The van der Waals surface area contributed by atoms with Gasteiger partial charge in [-0.2, -0.15) is 16.8 Å². The highest BCUT2D eigenvalue weighted by molar-refractivity contribution is 8.02. The molecule has 14 nitrogen and oxygen atoms in total. The molecule has 0 heterocycles. The first kappa shape index (κ1) is 28.0. The summed E-state index contributed by atoms with van der Waals surface area (Å²) in [5.74, 6) is -1.77. The molecular formula is C18H18N2O12S4. The van der Waals surface area contributed by atoms with E-state index in [1.165, 1.54) is 0 Å². The van der Waals surface area contributed by atoms with Crippen molar-refractivity contribution in [1.29, 1.82) is 0 Å². The van der Waals surface area contributed by atoms with E-state index in [1.54, 1.807) is 6.92 Å². The van der Waals surface area contributed by atoms with Crippen LogP contribution < -0.4 is 8.25 Å². The molecule has 0 amide bonds. The fraction of sp³-hybridized carbons (Fsp3) is 0.222. The van der Waals surface area contributed by atoms with Gasteiger partial charge in [0.2, 0.25) is 0 Å². The van der Waals surface area contributed by atoms with Crippen LogP contribution in [0.25, 0.3) is 0 Å². The predicted molar refractivity (Wildman–Crippen MR) is 122 cm³/mol. The lowest BCUT2D eigenvalue weighted by Gasteiger charge is -2.22. The van der Waals surface area contributed by atoms with Crippen molar-refractivity contribution in [3.05, 3.63) is 58.1 Å². The Morgan fingerprint density at radius 1 is 0.694 bits per heavy atom. The molecule has 2 aromatic rings. The molecule has 0 spiro atoms. The lowest BCUT2D eigenvalue weighted by atomic mass is 9.81. The molecule has 0 unspecified atom stereocenters. The summed E-state index contributed by atoms with van der Waals surface area (Å²) in [5.41, 5.74) is -1.36. The van der Waals surface area contributed by atoms with Crippen molar-refractivity contribution in [3.8, 4) is 0 Å². The number of sulfonamides is 2. The second kappa shape index (κ2) is 9.38. The first-order chi connectivity index (χ1) is 16.4. The lowest BCUT2D eigenvalue weighted by molar-refractivity contribution is 0.0977. The van der Waals surface area contributed by atoms with Crippen LogP contribution in [-0.2, 0) is 47.1 Å². The van der Waals surface area contributed by atoms with Crippen LogP contribution in [0, 0.1) is 0 Å².